The van der Waals surface area contributed by atoms with Gasteiger partial charge in [-0.2, -0.15) is 0 Å². The van der Waals surface area contributed by atoms with Crippen LogP contribution in [0.1, 0.15) is 24.2 Å². The Labute approximate surface area is 99.1 Å². The molecule has 0 bridgehead atoms. The predicted molar refractivity (Wildman–Crippen MR) is 62.2 cm³/mol. The van der Waals surface area contributed by atoms with Crippen LogP contribution in [0.5, 0.6) is 5.75 Å². The van der Waals surface area contributed by atoms with Crippen LogP contribution < -0.4 is 4.74 Å². The highest BCUT2D eigenvalue weighted by Crippen LogP contribution is 2.34. The smallest absolute Gasteiger partial charge is 0.156 e. The van der Waals surface area contributed by atoms with Crippen molar-refractivity contribution in [2.75, 3.05) is 6.61 Å². The van der Waals surface area contributed by atoms with E-state index in [0.29, 0.717) is 40.2 Å². The van der Waals surface area contributed by atoms with Crippen molar-refractivity contribution in [1.82, 2.24) is 0 Å². The number of halogens is 2. The normalized spacial score (nSPS) is 10.5. The van der Waals surface area contributed by atoms with Gasteiger partial charge in [0.15, 0.2) is 5.75 Å². The zero-order valence-corrected chi connectivity index (χ0v) is 10.1. The number of rotatable bonds is 4. The average molecular weight is 247 g/mol. The molecule has 0 amide bonds. The molecular formula is C11H12Cl2O2. The van der Waals surface area contributed by atoms with E-state index in [2.05, 4.69) is 0 Å². The summed E-state index contributed by atoms with van der Waals surface area (Å²) in [5, 5.41) is 0.732. The highest BCUT2D eigenvalue weighted by Gasteiger charge is 2.10. The third-order valence-corrected chi connectivity index (χ3v) is 2.28. The summed E-state index contributed by atoms with van der Waals surface area (Å²) in [7, 11) is 0. The number of carbonyl (C=O) groups excluding carboxylic acids is 1. The van der Waals surface area contributed by atoms with Gasteiger partial charge in [0.05, 0.1) is 16.7 Å². The number of hydrogen-bond acceptors (Lipinski definition) is 2. The molecule has 1 rings (SSSR count). The van der Waals surface area contributed by atoms with Crippen LogP contribution in [-0.4, -0.2) is 12.9 Å². The van der Waals surface area contributed by atoms with Gasteiger partial charge in [-0.05, 0) is 18.1 Å². The Bertz CT molecular complexity index is 339. The van der Waals surface area contributed by atoms with Crippen LogP contribution >= 0.6 is 23.2 Å². The van der Waals surface area contributed by atoms with E-state index in [9.17, 15) is 4.79 Å². The summed E-state index contributed by atoms with van der Waals surface area (Å²) >= 11 is 11.9. The largest absolute Gasteiger partial charge is 0.490 e. The van der Waals surface area contributed by atoms with Gasteiger partial charge >= 0.3 is 0 Å². The van der Waals surface area contributed by atoms with Crippen LogP contribution in [-0.2, 0) is 0 Å². The molecule has 15 heavy (non-hydrogen) atoms. The summed E-state index contributed by atoms with van der Waals surface area (Å²) in [6, 6.07) is 3.08. The number of hydrogen-bond donors (Lipinski definition) is 0. The molecule has 0 unspecified atom stereocenters. The van der Waals surface area contributed by atoms with Gasteiger partial charge < -0.3 is 4.74 Å². The van der Waals surface area contributed by atoms with E-state index in [0.717, 1.165) is 0 Å². The molecule has 0 aliphatic heterocycles. The highest BCUT2D eigenvalue weighted by atomic mass is 35.5. The van der Waals surface area contributed by atoms with E-state index in [1.54, 1.807) is 0 Å². The maximum atomic E-state index is 10.5. The second kappa shape index (κ2) is 5.38. The predicted octanol–water partition coefficient (Wildman–Crippen LogP) is 3.84. The van der Waals surface area contributed by atoms with Crippen LogP contribution in [0.15, 0.2) is 12.1 Å². The molecule has 2 nitrogen and oxygen atoms in total. The average Bonchev–Trinajstić information content (AvgIpc) is 2.15. The van der Waals surface area contributed by atoms with Crippen molar-refractivity contribution in [1.29, 1.82) is 0 Å². The van der Waals surface area contributed by atoms with Crippen LogP contribution in [0.25, 0.3) is 0 Å². The maximum absolute atomic E-state index is 10.5. The summed E-state index contributed by atoms with van der Waals surface area (Å²) in [4.78, 5) is 10.5. The molecular weight excluding hydrogens is 235 g/mol. The Balaban J connectivity index is 2.93. The molecule has 0 fully saturated rings. The molecule has 0 saturated carbocycles. The molecule has 1 aromatic rings. The minimum absolute atomic E-state index is 0.366. The van der Waals surface area contributed by atoms with Gasteiger partial charge in [-0.15, -0.1) is 0 Å². The summed E-state index contributed by atoms with van der Waals surface area (Å²) in [5.74, 6) is 0.834. The molecule has 0 aromatic heterocycles. The van der Waals surface area contributed by atoms with Crippen molar-refractivity contribution < 1.29 is 9.53 Å². The van der Waals surface area contributed by atoms with Gasteiger partial charge in [0.2, 0.25) is 0 Å². The monoisotopic (exact) mass is 246 g/mol. The van der Waals surface area contributed by atoms with Crippen LogP contribution in [0.3, 0.4) is 0 Å². The second-order valence-electron chi connectivity index (χ2n) is 3.64. The van der Waals surface area contributed by atoms with Crippen molar-refractivity contribution in [2.45, 2.75) is 13.8 Å². The Morgan fingerprint density at radius 1 is 1.33 bits per heavy atom. The van der Waals surface area contributed by atoms with Gasteiger partial charge in [-0.1, -0.05) is 37.0 Å². The van der Waals surface area contributed by atoms with Crippen molar-refractivity contribution >= 4 is 29.5 Å². The number of benzene rings is 1. The summed E-state index contributed by atoms with van der Waals surface area (Å²) < 4.78 is 5.45. The first kappa shape index (κ1) is 12.3. The number of carbonyl (C=O) groups is 1. The fraction of sp³-hybridized carbons (Fsp3) is 0.364. The lowest BCUT2D eigenvalue weighted by molar-refractivity contribution is 0.112. The first-order valence-electron chi connectivity index (χ1n) is 4.61. The van der Waals surface area contributed by atoms with Gasteiger partial charge in [0.1, 0.15) is 6.29 Å². The molecule has 0 spiro atoms. The molecule has 0 aliphatic carbocycles. The molecule has 0 radical (unpaired) electrons. The van der Waals surface area contributed by atoms with Gasteiger partial charge in [-0.25, -0.2) is 0 Å². The SMILES string of the molecule is CC(C)COc1c(Cl)cc(C=O)cc1Cl. The van der Waals surface area contributed by atoms with E-state index in [1.165, 1.54) is 12.1 Å². The minimum Gasteiger partial charge on any atom is -0.490 e. The summed E-state index contributed by atoms with van der Waals surface area (Å²) in [5.41, 5.74) is 0.446. The molecule has 0 heterocycles. The molecule has 4 heteroatoms. The first-order chi connectivity index (χ1) is 7.04. The number of aldehydes is 1. The van der Waals surface area contributed by atoms with E-state index in [1.807, 2.05) is 13.8 Å². The Kier molecular flexibility index (Phi) is 4.43. The molecule has 0 atom stereocenters. The molecule has 0 aliphatic rings. The van der Waals surface area contributed by atoms with Crippen LogP contribution in [0.2, 0.25) is 10.0 Å². The van der Waals surface area contributed by atoms with Crippen molar-refractivity contribution in [3.05, 3.63) is 27.7 Å². The fourth-order valence-electron chi connectivity index (χ4n) is 1.04. The quantitative estimate of drug-likeness (QED) is 0.755. The summed E-state index contributed by atoms with van der Waals surface area (Å²) in [6.45, 7) is 4.60. The Hall–Kier alpha value is -0.730. The Morgan fingerprint density at radius 2 is 1.87 bits per heavy atom. The molecule has 0 saturated heterocycles. The standard InChI is InChI=1S/C11H12Cl2O2/c1-7(2)6-15-11-9(12)3-8(5-14)4-10(11)13/h3-5,7H,6H2,1-2H3. The van der Waals surface area contributed by atoms with Crippen molar-refractivity contribution in [3.63, 3.8) is 0 Å². The third-order valence-electron chi connectivity index (χ3n) is 1.72. The van der Waals surface area contributed by atoms with Crippen molar-refractivity contribution in [3.8, 4) is 5.75 Å². The maximum Gasteiger partial charge on any atom is 0.156 e. The van der Waals surface area contributed by atoms with Gasteiger partial charge in [0, 0.05) is 5.56 Å². The van der Waals surface area contributed by atoms with Gasteiger partial charge in [-0.3, -0.25) is 4.79 Å². The zero-order chi connectivity index (χ0) is 11.4. The van der Waals surface area contributed by atoms with E-state index < -0.39 is 0 Å². The van der Waals surface area contributed by atoms with E-state index >= 15 is 0 Å². The highest BCUT2D eigenvalue weighted by molar-refractivity contribution is 6.37. The second-order valence-corrected chi connectivity index (χ2v) is 4.45. The lowest BCUT2D eigenvalue weighted by Crippen LogP contribution is -2.05. The van der Waals surface area contributed by atoms with Gasteiger partial charge in [0.25, 0.3) is 0 Å². The van der Waals surface area contributed by atoms with Crippen molar-refractivity contribution in [2.24, 2.45) is 5.92 Å². The van der Waals surface area contributed by atoms with Crippen LogP contribution in [0, 0.1) is 5.92 Å². The first-order valence-corrected chi connectivity index (χ1v) is 5.37. The minimum atomic E-state index is 0.366. The molecule has 1 aromatic carbocycles. The Morgan fingerprint density at radius 3 is 2.27 bits per heavy atom. The molecule has 82 valence electrons. The van der Waals surface area contributed by atoms with E-state index in [4.69, 9.17) is 27.9 Å². The fourth-order valence-corrected chi connectivity index (χ4v) is 1.65. The lowest BCUT2D eigenvalue weighted by Gasteiger charge is -2.12. The molecule has 0 N–H and O–H groups in total. The van der Waals surface area contributed by atoms with E-state index in [-0.39, 0.29) is 0 Å². The lowest BCUT2D eigenvalue weighted by atomic mass is 10.2. The number of ether oxygens (including phenoxy) is 1. The summed E-state index contributed by atoms with van der Waals surface area (Å²) in [6.07, 6.45) is 0.698. The topological polar surface area (TPSA) is 26.3 Å². The third kappa shape index (κ3) is 3.40. The van der Waals surface area contributed by atoms with Crippen LogP contribution in [0.4, 0.5) is 0 Å². The zero-order valence-electron chi connectivity index (χ0n) is 8.59.